The van der Waals surface area contributed by atoms with Crippen molar-refractivity contribution in [1.82, 2.24) is 0 Å². The number of carbonyl (C=O) groups excluding carboxylic acids is 4. The molecule has 4 atom stereocenters. The van der Waals surface area contributed by atoms with E-state index in [4.69, 9.17) is 18.9 Å². The lowest BCUT2D eigenvalue weighted by Crippen LogP contribution is -2.45. The van der Waals surface area contributed by atoms with Gasteiger partial charge in [0.2, 0.25) is 0 Å². The SMILES string of the molecule is CCCC(S)C(=O)OCC(COC(=O)C(S)CCC)(COC(=O)C(S)CCC)COC(=O)C(S)CCC. The zero-order valence-corrected chi connectivity index (χ0v) is 25.9. The quantitative estimate of drug-likeness (QED) is 0.0918. The predicted octanol–water partition coefficient (Wildman–Crippen LogP) is 4.54. The molecule has 0 N–H and O–H groups in total. The van der Waals surface area contributed by atoms with Gasteiger partial charge in [-0.25, -0.2) is 0 Å². The maximum Gasteiger partial charge on any atom is 0.318 e. The van der Waals surface area contributed by atoms with Crippen LogP contribution < -0.4 is 0 Å². The summed E-state index contributed by atoms with van der Waals surface area (Å²) in [7, 11) is 0. The first-order chi connectivity index (χ1) is 17.5. The molecule has 0 radical (unpaired) electrons. The summed E-state index contributed by atoms with van der Waals surface area (Å²) < 4.78 is 22.0. The molecule has 0 saturated carbocycles. The van der Waals surface area contributed by atoms with Gasteiger partial charge < -0.3 is 18.9 Å². The average molecular weight is 601 g/mol. The number of esters is 4. The van der Waals surface area contributed by atoms with Crippen molar-refractivity contribution in [3.05, 3.63) is 0 Å². The third-order valence-electron chi connectivity index (χ3n) is 5.42. The van der Waals surface area contributed by atoms with Crippen molar-refractivity contribution in [3.8, 4) is 0 Å². The summed E-state index contributed by atoms with van der Waals surface area (Å²) in [5.74, 6) is -2.30. The van der Waals surface area contributed by atoms with Crippen LogP contribution in [0.3, 0.4) is 0 Å². The highest BCUT2D eigenvalue weighted by Gasteiger charge is 2.39. The molecule has 0 bridgehead atoms. The van der Waals surface area contributed by atoms with Crippen LogP contribution in [0.25, 0.3) is 0 Å². The first-order valence-corrected chi connectivity index (χ1v) is 14.9. The number of hydrogen-bond donors (Lipinski definition) is 4. The van der Waals surface area contributed by atoms with Crippen LogP contribution in [0.4, 0.5) is 0 Å². The van der Waals surface area contributed by atoms with Crippen LogP contribution in [-0.2, 0) is 38.1 Å². The van der Waals surface area contributed by atoms with E-state index < -0.39 is 50.3 Å². The smallest absolute Gasteiger partial charge is 0.318 e. The highest BCUT2D eigenvalue weighted by molar-refractivity contribution is 7.82. The van der Waals surface area contributed by atoms with Gasteiger partial charge in [-0.1, -0.05) is 53.4 Å². The Morgan fingerprint density at radius 2 is 0.676 bits per heavy atom. The van der Waals surface area contributed by atoms with E-state index in [1.165, 1.54) is 0 Å². The monoisotopic (exact) mass is 600 g/mol. The molecule has 0 aliphatic carbocycles. The van der Waals surface area contributed by atoms with Gasteiger partial charge in [0, 0.05) is 0 Å². The third kappa shape index (κ3) is 14.9. The first-order valence-electron chi connectivity index (χ1n) is 12.9. The van der Waals surface area contributed by atoms with Gasteiger partial charge in [0.1, 0.15) is 31.8 Å². The van der Waals surface area contributed by atoms with Gasteiger partial charge in [-0.3, -0.25) is 19.2 Å². The second kappa shape index (κ2) is 20.2. The molecule has 12 heteroatoms. The first kappa shape index (κ1) is 36.3. The summed E-state index contributed by atoms with van der Waals surface area (Å²) in [6.45, 7) is 6.33. The average Bonchev–Trinajstić information content (AvgIpc) is 2.87. The number of thiol groups is 4. The van der Waals surface area contributed by atoms with Gasteiger partial charge >= 0.3 is 23.9 Å². The van der Waals surface area contributed by atoms with Crippen molar-refractivity contribution >= 4 is 74.4 Å². The molecular weight excluding hydrogens is 557 g/mol. The van der Waals surface area contributed by atoms with E-state index in [-0.39, 0.29) is 26.4 Å². The maximum absolute atomic E-state index is 12.5. The van der Waals surface area contributed by atoms with Crippen LogP contribution in [0.5, 0.6) is 0 Å². The van der Waals surface area contributed by atoms with Crippen molar-refractivity contribution in [3.63, 3.8) is 0 Å². The molecule has 0 heterocycles. The second-order valence-electron chi connectivity index (χ2n) is 9.15. The lowest BCUT2D eigenvalue weighted by Gasteiger charge is -2.32. The Labute approximate surface area is 243 Å². The Morgan fingerprint density at radius 1 is 0.486 bits per heavy atom. The van der Waals surface area contributed by atoms with E-state index >= 15 is 0 Å². The summed E-state index contributed by atoms with van der Waals surface area (Å²) in [5.41, 5.74) is -1.35. The molecule has 0 rings (SSSR count). The van der Waals surface area contributed by atoms with E-state index in [1.807, 2.05) is 27.7 Å². The Bertz CT molecular complexity index is 589. The number of ether oxygens (including phenoxy) is 4. The lowest BCUT2D eigenvalue weighted by atomic mass is 9.92. The molecule has 4 unspecified atom stereocenters. The van der Waals surface area contributed by atoms with E-state index in [0.717, 1.165) is 25.7 Å². The molecule has 0 aromatic carbocycles. The molecule has 8 nitrogen and oxygen atoms in total. The molecule has 0 amide bonds. The van der Waals surface area contributed by atoms with E-state index in [0.29, 0.717) is 25.7 Å². The molecule has 0 spiro atoms. The van der Waals surface area contributed by atoms with Gasteiger partial charge in [-0.15, -0.1) is 0 Å². The third-order valence-corrected chi connectivity index (χ3v) is 7.30. The Hall–Kier alpha value is -0.720. The molecule has 0 aromatic heterocycles. The fraction of sp³-hybridized carbons (Fsp3) is 0.840. The van der Waals surface area contributed by atoms with Crippen LogP contribution in [0.15, 0.2) is 0 Å². The lowest BCUT2D eigenvalue weighted by molar-refractivity contribution is -0.170. The van der Waals surface area contributed by atoms with Crippen LogP contribution in [0.1, 0.15) is 79.1 Å². The summed E-state index contributed by atoms with van der Waals surface area (Å²) >= 11 is 17.1. The highest BCUT2D eigenvalue weighted by atomic mass is 32.1. The summed E-state index contributed by atoms with van der Waals surface area (Å²) in [6.07, 6.45) is 4.91. The van der Waals surface area contributed by atoms with Crippen LogP contribution in [-0.4, -0.2) is 71.3 Å². The minimum Gasteiger partial charge on any atom is -0.464 e. The number of hydrogen-bond acceptors (Lipinski definition) is 12. The Kier molecular flexibility index (Phi) is 19.8. The molecular formula is C25H44O8S4. The van der Waals surface area contributed by atoms with Crippen molar-refractivity contribution in [2.75, 3.05) is 26.4 Å². The van der Waals surface area contributed by atoms with E-state index in [2.05, 4.69) is 50.5 Å². The van der Waals surface area contributed by atoms with E-state index in [9.17, 15) is 19.2 Å². The topological polar surface area (TPSA) is 105 Å². The zero-order valence-electron chi connectivity index (χ0n) is 22.3. The molecule has 0 saturated heterocycles. The van der Waals surface area contributed by atoms with Crippen molar-refractivity contribution < 1.29 is 38.1 Å². The van der Waals surface area contributed by atoms with Gasteiger partial charge in [0.15, 0.2) is 0 Å². The largest absolute Gasteiger partial charge is 0.464 e. The van der Waals surface area contributed by atoms with Gasteiger partial charge in [0.25, 0.3) is 0 Å². The van der Waals surface area contributed by atoms with Gasteiger partial charge in [-0.2, -0.15) is 50.5 Å². The minimum atomic E-state index is -1.35. The molecule has 0 aliphatic rings. The summed E-state index contributed by atoms with van der Waals surface area (Å²) in [4.78, 5) is 50.1. The minimum absolute atomic E-state index is 0.332. The van der Waals surface area contributed by atoms with Gasteiger partial charge in [0.05, 0.1) is 21.0 Å². The molecule has 0 aliphatic heterocycles. The maximum atomic E-state index is 12.5. The normalized spacial score (nSPS) is 16.0. The summed E-state index contributed by atoms with van der Waals surface area (Å²) in [6, 6.07) is 0. The Balaban J connectivity index is 5.90. The Morgan fingerprint density at radius 3 is 0.838 bits per heavy atom. The predicted molar refractivity (Wildman–Crippen MR) is 157 cm³/mol. The van der Waals surface area contributed by atoms with Crippen LogP contribution >= 0.6 is 50.5 Å². The van der Waals surface area contributed by atoms with Crippen LogP contribution in [0.2, 0.25) is 0 Å². The van der Waals surface area contributed by atoms with E-state index in [1.54, 1.807) is 0 Å². The molecule has 216 valence electrons. The second-order valence-corrected chi connectivity index (χ2v) is 11.6. The number of rotatable bonds is 20. The highest BCUT2D eigenvalue weighted by Crippen LogP contribution is 2.25. The number of carbonyl (C=O) groups is 4. The zero-order chi connectivity index (χ0) is 28.4. The fourth-order valence-corrected chi connectivity index (χ4v) is 4.43. The standard InChI is InChI=1S/C25H44O8S4/c1-5-9-17(34)21(26)30-13-25(14-31-22(27)18(35)10-6-2,15-32-23(28)19(36)11-7-3)16-33-24(29)20(37)12-8-4/h17-20,34-37H,5-16H2,1-4H3. The van der Waals surface area contributed by atoms with Crippen molar-refractivity contribution in [1.29, 1.82) is 0 Å². The van der Waals surface area contributed by atoms with Crippen LogP contribution in [0, 0.1) is 5.41 Å². The van der Waals surface area contributed by atoms with Gasteiger partial charge in [-0.05, 0) is 25.7 Å². The van der Waals surface area contributed by atoms with Crippen molar-refractivity contribution in [2.24, 2.45) is 5.41 Å². The fourth-order valence-electron chi connectivity index (χ4n) is 3.10. The molecule has 0 aromatic rings. The van der Waals surface area contributed by atoms with Crippen molar-refractivity contribution in [2.45, 2.75) is 100 Å². The summed E-state index contributed by atoms with van der Waals surface area (Å²) in [5, 5.41) is -2.61. The molecule has 37 heavy (non-hydrogen) atoms. The molecule has 0 fully saturated rings.